The summed E-state index contributed by atoms with van der Waals surface area (Å²) in [6.45, 7) is 4.76. The van der Waals surface area contributed by atoms with Crippen LogP contribution in [-0.4, -0.2) is 13.2 Å². The number of allylic oxidation sites excluding steroid dienone is 1. The van der Waals surface area contributed by atoms with Gasteiger partial charge in [-0.05, 0) is 59.6 Å². The summed E-state index contributed by atoms with van der Waals surface area (Å²) in [6, 6.07) is 11.8. The van der Waals surface area contributed by atoms with E-state index in [2.05, 4.69) is 22.0 Å². The van der Waals surface area contributed by atoms with Crippen molar-refractivity contribution < 1.29 is 13.9 Å². The molecule has 0 atom stereocenters. The van der Waals surface area contributed by atoms with Gasteiger partial charge in [-0.2, -0.15) is 5.26 Å². The van der Waals surface area contributed by atoms with Crippen LogP contribution in [0.15, 0.2) is 40.9 Å². The Hall–Kier alpha value is -2.32. The van der Waals surface area contributed by atoms with Crippen LogP contribution >= 0.6 is 15.9 Å². The molecule has 0 heterocycles. The van der Waals surface area contributed by atoms with Crippen LogP contribution < -0.4 is 9.47 Å². The fraction of sp³-hybridized carbons (Fsp3) is 0.211. The molecule has 0 amide bonds. The van der Waals surface area contributed by atoms with Gasteiger partial charge in [-0.1, -0.05) is 18.2 Å². The molecule has 0 saturated carbocycles. The fourth-order valence-corrected chi connectivity index (χ4v) is 2.81. The molecule has 5 heteroatoms. The van der Waals surface area contributed by atoms with E-state index in [0.717, 1.165) is 0 Å². The highest BCUT2D eigenvalue weighted by Gasteiger charge is 2.13. The van der Waals surface area contributed by atoms with Crippen LogP contribution in [0.3, 0.4) is 0 Å². The van der Waals surface area contributed by atoms with Crippen LogP contribution in [0, 0.1) is 17.1 Å². The van der Waals surface area contributed by atoms with Crippen LogP contribution in [0.4, 0.5) is 4.39 Å². The van der Waals surface area contributed by atoms with Crippen molar-refractivity contribution in [1.82, 2.24) is 0 Å². The number of hydrogen-bond acceptors (Lipinski definition) is 3. The molecule has 0 aliphatic carbocycles. The molecular formula is C19H17BrFNO2. The first-order chi connectivity index (χ1) is 11.6. The molecule has 2 rings (SSSR count). The van der Waals surface area contributed by atoms with Crippen molar-refractivity contribution in [2.24, 2.45) is 0 Å². The van der Waals surface area contributed by atoms with Crippen LogP contribution in [0.2, 0.25) is 0 Å². The third-order valence-corrected chi connectivity index (χ3v) is 3.80. The van der Waals surface area contributed by atoms with E-state index in [1.807, 2.05) is 19.9 Å². The van der Waals surface area contributed by atoms with Gasteiger partial charge >= 0.3 is 0 Å². The lowest BCUT2D eigenvalue weighted by Crippen LogP contribution is -1.99. The zero-order chi connectivity index (χ0) is 17.5. The summed E-state index contributed by atoms with van der Waals surface area (Å²) in [5.74, 6) is 0.757. The minimum absolute atomic E-state index is 0.242. The Kier molecular flexibility index (Phi) is 6.39. The third-order valence-electron chi connectivity index (χ3n) is 3.22. The lowest BCUT2D eigenvalue weighted by Gasteiger charge is -2.13. The molecule has 0 radical (unpaired) electrons. The average Bonchev–Trinajstić information content (AvgIpc) is 2.57. The average molecular weight is 390 g/mol. The van der Waals surface area contributed by atoms with Gasteiger partial charge in [0.25, 0.3) is 0 Å². The van der Waals surface area contributed by atoms with Gasteiger partial charge in [-0.15, -0.1) is 0 Å². The Morgan fingerprint density at radius 1 is 1.21 bits per heavy atom. The standard InChI is InChI=1S/C19H17BrFNO2/c1-3-23-18-11-13(10-16(20)19(18)24-4-2)9-14(12-22)15-7-5-6-8-17(15)21/h5-11H,3-4H2,1-2H3/b14-9-. The maximum absolute atomic E-state index is 13.9. The van der Waals surface area contributed by atoms with Gasteiger partial charge in [0.05, 0.1) is 29.3 Å². The van der Waals surface area contributed by atoms with Gasteiger partial charge in [0.1, 0.15) is 5.82 Å². The van der Waals surface area contributed by atoms with E-state index < -0.39 is 5.82 Å². The lowest BCUT2D eigenvalue weighted by molar-refractivity contribution is 0.286. The van der Waals surface area contributed by atoms with E-state index in [1.54, 1.807) is 30.3 Å². The molecule has 0 aliphatic rings. The van der Waals surface area contributed by atoms with Gasteiger partial charge in [0.15, 0.2) is 11.5 Å². The van der Waals surface area contributed by atoms with Gasteiger partial charge in [0.2, 0.25) is 0 Å². The second-order valence-electron chi connectivity index (χ2n) is 4.85. The molecule has 0 saturated heterocycles. The summed E-state index contributed by atoms with van der Waals surface area (Å²) in [5.41, 5.74) is 1.23. The first kappa shape index (κ1) is 18.0. The molecule has 0 bridgehead atoms. The number of hydrogen-bond donors (Lipinski definition) is 0. The zero-order valence-electron chi connectivity index (χ0n) is 13.5. The maximum atomic E-state index is 13.9. The molecule has 24 heavy (non-hydrogen) atoms. The van der Waals surface area contributed by atoms with Crippen molar-refractivity contribution in [3.05, 3.63) is 57.8 Å². The SMILES string of the molecule is CCOc1cc(/C=C(/C#N)c2ccccc2F)cc(Br)c1OCC. The quantitative estimate of drug-likeness (QED) is 0.487. The van der Waals surface area contributed by atoms with Gasteiger partial charge in [-0.3, -0.25) is 0 Å². The number of rotatable bonds is 6. The number of benzene rings is 2. The second-order valence-corrected chi connectivity index (χ2v) is 5.70. The predicted octanol–water partition coefficient (Wildman–Crippen LogP) is 5.45. The van der Waals surface area contributed by atoms with E-state index in [9.17, 15) is 9.65 Å². The van der Waals surface area contributed by atoms with Gasteiger partial charge in [-0.25, -0.2) is 4.39 Å². The summed E-state index contributed by atoms with van der Waals surface area (Å²) in [5, 5.41) is 9.39. The van der Waals surface area contributed by atoms with Crippen LogP contribution in [-0.2, 0) is 0 Å². The highest BCUT2D eigenvalue weighted by atomic mass is 79.9. The van der Waals surface area contributed by atoms with E-state index in [-0.39, 0.29) is 11.1 Å². The zero-order valence-corrected chi connectivity index (χ0v) is 15.1. The Balaban J connectivity index is 2.51. The molecule has 0 aliphatic heterocycles. The van der Waals surface area contributed by atoms with Crippen LogP contribution in [0.25, 0.3) is 11.6 Å². The largest absolute Gasteiger partial charge is 0.490 e. The Morgan fingerprint density at radius 2 is 1.92 bits per heavy atom. The van der Waals surface area contributed by atoms with E-state index in [1.165, 1.54) is 6.07 Å². The minimum Gasteiger partial charge on any atom is -0.490 e. The van der Waals surface area contributed by atoms with E-state index in [0.29, 0.717) is 34.7 Å². The number of nitrogens with zero attached hydrogens (tertiary/aromatic N) is 1. The van der Waals surface area contributed by atoms with Crippen LogP contribution in [0.5, 0.6) is 11.5 Å². The molecule has 0 N–H and O–H groups in total. The highest BCUT2D eigenvalue weighted by Crippen LogP contribution is 2.38. The van der Waals surface area contributed by atoms with Crippen molar-refractivity contribution in [3.8, 4) is 17.6 Å². The first-order valence-electron chi connectivity index (χ1n) is 7.56. The Labute approximate surface area is 149 Å². The third kappa shape index (κ3) is 4.15. The van der Waals surface area contributed by atoms with Gasteiger partial charge in [0, 0.05) is 5.56 Å². The normalized spacial score (nSPS) is 11.0. The lowest BCUT2D eigenvalue weighted by atomic mass is 10.0. The van der Waals surface area contributed by atoms with E-state index >= 15 is 0 Å². The van der Waals surface area contributed by atoms with Crippen molar-refractivity contribution in [1.29, 1.82) is 5.26 Å². The number of ether oxygens (including phenoxy) is 2. The van der Waals surface area contributed by atoms with E-state index in [4.69, 9.17) is 9.47 Å². The van der Waals surface area contributed by atoms with Crippen molar-refractivity contribution in [2.75, 3.05) is 13.2 Å². The summed E-state index contributed by atoms with van der Waals surface area (Å²) < 4.78 is 25.8. The molecule has 3 nitrogen and oxygen atoms in total. The highest BCUT2D eigenvalue weighted by molar-refractivity contribution is 9.10. The smallest absolute Gasteiger partial charge is 0.175 e. The molecule has 2 aromatic carbocycles. The molecule has 0 aromatic heterocycles. The van der Waals surface area contributed by atoms with Crippen LogP contribution in [0.1, 0.15) is 25.0 Å². The molecule has 0 spiro atoms. The fourth-order valence-electron chi connectivity index (χ4n) is 2.24. The summed E-state index contributed by atoms with van der Waals surface area (Å²) >= 11 is 3.46. The summed E-state index contributed by atoms with van der Waals surface area (Å²) in [7, 11) is 0. The summed E-state index contributed by atoms with van der Waals surface area (Å²) in [6.07, 6.45) is 1.63. The Bertz CT molecular complexity index is 796. The summed E-state index contributed by atoms with van der Waals surface area (Å²) in [4.78, 5) is 0. The first-order valence-corrected chi connectivity index (χ1v) is 8.35. The molecule has 2 aromatic rings. The minimum atomic E-state index is -0.430. The van der Waals surface area contributed by atoms with Gasteiger partial charge < -0.3 is 9.47 Å². The number of nitriles is 1. The van der Waals surface area contributed by atoms with Crippen molar-refractivity contribution >= 4 is 27.6 Å². The topological polar surface area (TPSA) is 42.2 Å². The molecule has 0 fully saturated rings. The van der Waals surface area contributed by atoms with Crippen molar-refractivity contribution in [2.45, 2.75) is 13.8 Å². The molecule has 124 valence electrons. The van der Waals surface area contributed by atoms with Crippen molar-refractivity contribution in [3.63, 3.8) is 0 Å². The molecule has 0 unspecified atom stereocenters. The maximum Gasteiger partial charge on any atom is 0.175 e. The Morgan fingerprint density at radius 3 is 2.54 bits per heavy atom. The second kappa shape index (κ2) is 8.51. The predicted molar refractivity (Wildman–Crippen MR) is 96.4 cm³/mol. The monoisotopic (exact) mass is 389 g/mol. The number of halogens is 2. The molecular weight excluding hydrogens is 373 g/mol.